The van der Waals surface area contributed by atoms with E-state index in [0.717, 1.165) is 11.1 Å². The number of aryl methyl sites for hydroxylation is 1. The lowest BCUT2D eigenvalue weighted by molar-refractivity contribution is -0.119. The number of benzene rings is 2. The molecule has 0 radical (unpaired) electrons. The first-order valence-corrected chi connectivity index (χ1v) is 6.93. The van der Waals surface area contributed by atoms with E-state index in [4.69, 9.17) is 11.6 Å². The summed E-state index contributed by atoms with van der Waals surface area (Å²) in [7, 11) is 0. The summed E-state index contributed by atoms with van der Waals surface area (Å²) >= 11 is 5.78. The van der Waals surface area contributed by atoms with E-state index in [0.29, 0.717) is 17.3 Å². The number of nitrogens with one attached hydrogen (secondary N) is 2. The normalized spacial score (nSPS) is 10.2. The molecule has 0 saturated heterocycles. The van der Waals surface area contributed by atoms with Gasteiger partial charge in [0.2, 0.25) is 5.91 Å². The third-order valence-corrected chi connectivity index (χ3v) is 3.22. The van der Waals surface area contributed by atoms with E-state index in [1.807, 2.05) is 19.1 Å². The Kier molecular flexibility index (Phi) is 5.17. The number of halogens is 2. The highest BCUT2D eigenvalue weighted by Gasteiger charge is 2.05. The van der Waals surface area contributed by atoms with Crippen molar-refractivity contribution in [2.45, 2.75) is 13.5 Å². The molecule has 0 aliphatic rings. The van der Waals surface area contributed by atoms with E-state index in [1.54, 1.807) is 24.3 Å². The maximum atomic E-state index is 13.6. The molecule has 2 aromatic rings. The van der Waals surface area contributed by atoms with Crippen molar-refractivity contribution in [3.63, 3.8) is 0 Å². The van der Waals surface area contributed by atoms with Crippen LogP contribution in [0.15, 0.2) is 42.5 Å². The van der Waals surface area contributed by atoms with Crippen molar-refractivity contribution in [3.05, 3.63) is 64.4 Å². The fourth-order valence-electron chi connectivity index (χ4n) is 1.80. The average molecular weight is 307 g/mol. The van der Waals surface area contributed by atoms with E-state index < -0.39 is 0 Å². The van der Waals surface area contributed by atoms with Gasteiger partial charge in [0, 0.05) is 11.6 Å². The molecule has 110 valence electrons. The highest BCUT2D eigenvalue weighted by Crippen LogP contribution is 2.14. The maximum absolute atomic E-state index is 13.6. The average Bonchev–Trinajstić information content (AvgIpc) is 2.46. The molecule has 0 saturated carbocycles. The van der Waals surface area contributed by atoms with Crippen LogP contribution in [0.3, 0.4) is 0 Å². The minimum absolute atomic E-state index is 0.0214. The Balaban J connectivity index is 1.80. The molecule has 0 heterocycles. The molecule has 5 heteroatoms. The second kappa shape index (κ2) is 7.09. The summed E-state index contributed by atoms with van der Waals surface area (Å²) < 4.78 is 13.6. The molecule has 0 spiro atoms. The van der Waals surface area contributed by atoms with Gasteiger partial charge in [-0.2, -0.15) is 0 Å². The minimum atomic E-state index is -0.361. The molecule has 2 rings (SSSR count). The molecule has 0 fully saturated rings. The van der Waals surface area contributed by atoms with Crippen LogP contribution in [0.1, 0.15) is 11.1 Å². The van der Waals surface area contributed by atoms with Crippen molar-refractivity contribution < 1.29 is 9.18 Å². The van der Waals surface area contributed by atoms with Crippen molar-refractivity contribution in [3.8, 4) is 0 Å². The molecular weight excluding hydrogens is 291 g/mol. The van der Waals surface area contributed by atoms with Crippen molar-refractivity contribution in [2.24, 2.45) is 0 Å². The number of carbonyl (C=O) groups is 1. The predicted octanol–water partition coefficient (Wildman–Crippen LogP) is 3.52. The first kappa shape index (κ1) is 15.3. The van der Waals surface area contributed by atoms with E-state index in [-0.39, 0.29) is 18.3 Å². The van der Waals surface area contributed by atoms with Gasteiger partial charge in [-0.1, -0.05) is 29.8 Å². The molecule has 0 bridgehead atoms. The van der Waals surface area contributed by atoms with E-state index in [9.17, 15) is 9.18 Å². The fraction of sp³-hybridized carbons (Fsp3) is 0.188. The minimum Gasteiger partial charge on any atom is -0.374 e. The lowest BCUT2D eigenvalue weighted by atomic mass is 10.2. The summed E-state index contributed by atoms with van der Waals surface area (Å²) in [5.74, 6) is -0.564. The molecule has 0 atom stereocenters. The first-order valence-electron chi connectivity index (χ1n) is 6.56. The Morgan fingerprint density at radius 1 is 1.19 bits per heavy atom. The van der Waals surface area contributed by atoms with Crippen molar-refractivity contribution >= 4 is 23.2 Å². The summed E-state index contributed by atoms with van der Waals surface area (Å²) in [5, 5.41) is 6.18. The molecule has 0 aliphatic heterocycles. The van der Waals surface area contributed by atoms with E-state index in [2.05, 4.69) is 10.6 Å². The van der Waals surface area contributed by atoms with Gasteiger partial charge in [-0.05, 0) is 42.3 Å². The van der Waals surface area contributed by atoms with Crippen LogP contribution in [0.25, 0.3) is 0 Å². The Bertz CT molecular complexity index is 629. The number of carbonyl (C=O) groups excluding carboxylic acids is 1. The number of anilines is 1. The number of hydrogen-bond donors (Lipinski definition) is 2. The Morgan fingerprint density at radius 2 is 1.90 bits per heavy atom. The van der Waals surface area contributed by atoms with Gasteiger partial charge in [-0.25, -0.2) is 4.39 Å². The highest BCUT2D eigenvalue weighted by molar-refractivity contribution is 6.30. The van der Waals surface area contributed by atoms with Crippen molar-refractivity contribution in [1.82, 2.24) is 5.32 Å². The molecule has 1 amide bonds. The monoisotopic (exact) mass is 306 g/mol. The van der Waals surface area contributed by atoms with E-state index in [1.165, 1.54) is 6.07 Å². The zero-order valence-electron chi connectivity index (χ0n) is 11.6. The highest BCUT2D eigenvalue weighted by atomic mass is 35.5. The zero-order valence-corrected chi connectivity index (χ0v) is 12.4. The van der Waals surface area contributed by atoms with Gasteiger partial charge in [0.05, 0.1) is 12.2 Å². The third kappa shape index (κ3) is 4.76. The smallest absolute Gasteiger partial charge is 0.239 e. The third-order valence-electron chi connectivity index (χ3n) is 2.97. The number of rotatable bonds is 5. The van der Waals surface area contributed by atoms with Crippen LogP contribution in [0, 0.1) is 12.7 Å². The van der Waals surface area contributed by atoms with Gasteiger partial charge in [0.25, 0.3) is 0 Å². The molecule has 2 aromatic carbocycles. The van der Waals surface area contributed by atoms with Crippen LogP contribution in [0.4, 0.5) is 10.1 Å². The lowest BCUT2D eigenvalue weighted by Crippen LogP contribution is -2.29. The largest absolute Gasteiger partial charge is 0.374 e. The van der Waals surface area contributed by atoms with Gasteiger partial charge < -0.3 is 10.6 Å². The van der Waals surface area contributed by atoms with Gasteiger partial charge in [0.15, 0.2) is 0 Å². The van der Waals surface area contributed by atoms with Crippen LogP contribution < -0.4 is 10.6 Å². The summed E-state index contributed by atoms with van der Waals surface area (Å²) in [4.78, 5) is 11.7. The molecule has 21 heavy (non-hydrogen) atoms. The van der Waals surface area contributed by atoms with Crippen LogP contribution in [-0.4, -0.2) is 12.5 Å². The van der Waals surface area contributed by atoms with Crippen molar-refractivity contribution in [1.29, 1.82) is 0 Å². The van der Waals surface area contributed by atoms with Crippen molar-refractivity contribution in [2.75, 3.05) is 11.9 Å². The summed E-state index contributed by atoms with van der Waals surface area (Å²) in [6.07, 6.45) is 0. The molecule has 0 aromatic heterocycles. The van der Waals surface area contributed by atoms with Crippen LogP contribution in [0.5, 0.6) is 0 Å². The maximum Gasteiger partial charge on any atom is 0.239 e. The van der Waals surface area contributed by atoms with Crippen LogP contribution in [-0.2, 0) is 11.3 Å². The standard InChI is InChI=1S/C16H16ClFN2O/c1-11-2-7-15(14(18)8-11)19-10-16(21)20-9-12-3-5-13(17)6-4-12/h2-8,19H,9-10H2,1H3,(H,20,21). The molecular formula is C16H16ClFN2O. The second-order valence-corrected chi connectivity index (χ2v) is 5.18. The van der Waals surface area contributed by atoms with Gasteiger partial charge >= 0.3 is 0 Å². The summed E-state index contributed by atoms with van der Waals surface area (Å²) in [5.41, 5.74) is 2.11. The zero-order chi connectivity index (χ0) is 15.2. The first-order chi connectivity index (χ1) is 10.0. The molecule has 0 unspecified atom stereocenters. The number of amides is 1. The second-order valence-electron chi connectivity index (χ2n) is 4.74. The van der Waals surface area contributed by atoms with E-state index >= 15 is 0 Å². The van der Waals surface area contributed by atoms with Crippen LogP contribution >= 0.6 is 11.6 Å². The topological polar surface area (TPSA) is 41.1 Å². The quantitative estimate of drug-likeness (QED) is 0.887. The SMILES string of the molecule is Cc1ccc(NCC(=O)NCc2ccc(Cl)cc2)c(F)c1. The molecule has 0 aliphatic carbocycles. The summed E-state index contributed by atoms with van der Waals surface area (Å²) in [6, 6.07) is 12.1. The molecule has 3 nitrogen and oxygen atoms in total. The predicted molar refractivity (Wildman–Crippen MR) is 82.9 cm³/mol. The summed E-state index contributed by atoms with van der Waals surface area (Å²) in [6.45, 7) is 2.24. The van der Waals surface area contributed by atoms with Gasteiger partial charge in [-0.15, -0.1) is 0 Å². The Labute approximate surface area is 128 Å². The fourth-order valence-corrected chi connectivity index (χ4v) is 1.93. The van der Waals surface area contributed by atoms with Crippen LogP contribution in [0.2, 0.25) is 5.02 Å². The van der Waals surface area contributed by atoms with Gasteiger partial charge in [0.1, 0.15) is 5.82 Å². The number of hydrogen-bond acceptors (Lipinski definition) is 2. The molecule has 2 N–H and O–H groups in total. The Morgan fingerprint density at radius 3 is 2.57 bits per heavy atom. The van der Waals surface area contributed by atoms with Gasteiger partial charge in [-0.3, -0.25) is 4.79 Å². The lowest BCUT2D eigenvalue weighted by Gasteiger charge is -2.09. The Hall–Kier alpha value is -2.07.